The Morgan fingerprint density at radius 1 is 1.24 bits per heavy atom. The Bertz CT molecular complexity index is 774. The molecule has 0 aliphatic carbocycles. The Kier molecular flexibility index (Phi) is 3.76. The smallest absolute Gasteiger partial charge is 0.269 e. The third-order valence-corrected chi connectivity index (χ3v) is 4.70. The highest BCUT2D eigenvalue weighted by molar-refractivity contribution is 7.93. The Morgan fingerprint density at radius 3 is 2.38 bits per heavy atom. The normalized spacial score (nSPS) is 11.1. The standard InChI is InChI=1S/C12H12N4O4S/c1-15(9-4-6-10(7-5-9)16(17)18)21(19,20)11-3-2-8-14-12(11)13/h2-8H,1H3,(H2,13,14). The first-order valence-electron chi connectivity index (χ1n) is 5.78. The molecule has 1 heterocycles. The fourth-order valence-corrected chi connectivity index (χ4v) is 2.95. The van der Waals surface area contributed by atoms with E-state index < -0.39 is 14.9 Å². The molecule has 0 aliphatic heterocycles. The molecule has 0 amide bonds. The van der Waals surface area contributed by atoms with E-state index in [-0.39, 0.29) is 22.1 Å². The SMILES string of the molecule is CN(c1ccc([N+](=O)[O-])cc1)S(=O)(=O)c1cccnc1N. The Morgan fingerprint density at radius 2 is 1.86 bits per heavy atom. The number of aromatic nitrogens is 1. The lowest BCUT2D eigenvalue weighted by molar-refractivity contribution is -0.384. The molecule has 2 aromatic rings. The predicted octanol–water partition coefficient (Wildman–Crippen LogP) is 1.40. The van der Waals surface area contributed by atoms with Gasteiger partial charge in [0, 0.05) is 25.4 Å². The van der Waals surface area contributed by atoms with Gasteiger partial charge in [0.1, 0.15) is 10.7 Å². The molecule has 110 valence electrons. The topological polar surface area (TPSA) is 119 Å². The van der Waals surface area contributed by atoms with Crippen LogP contribution in [0.2, 0.25) is 0 Å². The Hall–Kier alpha value is -2.68. The molecule has 1 aromatic carbocycles. The van der Waals surface area contributed by atoms with Crippen LogP contribution >= 0.6 is 0 Å². The third-order valence-electron chi connectivity index (χ3n) is 2.86. The summed E-state index contributed by atoms with van der Waals surface area (Å²) in [7, 11) is -2.54. The summed E-state index contributed by atoms with van der Waals surface area (Å²) in [5, 5.41) is 10.6. The summed E-state index contributed by atoms with van der Waals surface area (Å²) < 4.78 is 25.9. The average Bonchev–Trinajstić information content (AvgIpc) is 2.46. The van der Waals surface area contributed by atoms with Crippen molar-refractivity contribution in [2.45, 2.75) is 4.90 Å². The van der Waals surface area contributed by atoms with E-state index in [0.29, 0.717) is 0 Å². The predicted molar refractivity (Wildman–Crippen MR) is 77.3 cm³/mol. The lowest BCUT2D eigenvalue weighted by Gasteiger charge is -2.19. The highest BCUT2D eigenvalue weighted by atomic mass is 32.2. The number of nitrogens with zero attached hydrogens (tertiary/aromatic N) is 3. The minimum absolute atomic E-state index is 0.105. The number of sulfonamides is 1. The fourth-order valence-electron chi connectivity index (χ4n) is 1.69. The van der Waals surface area contributed by atoms with Crippen LogP contribution in [-0.4, -0.2) is 25.4 Å². The number of hydrogen-bond acceptors (Lipinski definition) is 6. The molecule has 0 aliphatic rings. The molecule has 0 radical (unpaired) electrons. The Balaban J connectivity index is 2.41. The van der Waals surface area contributed by atoms with Gasteiger partial charge < -0.3 is 5.73 Å². The summed E-state index contributed by atoms with van der Waals surface area (Å²) in [6.07, 6.45) is 1.39. The van der Waals surface area contributed by atoms with Crippen molar-refractivity contribution < 1.29 is 13.3 Å². The molecule has 0 bridgehead atoms. The van der Waals surface area contributed by atoms with Crippen LogP contribution in [-0.2, 0) is 10.0 Å². The maximum atomic E-state index is 12.4. The summed E-state index contributed by atoms with van der Waals surface area (Å²) >= 11 is 0. The van der Waals surface area contributed by atoms with Crippen LogP contribution in [0.15, 0.2) is 47.5 Å². The highest BCUT2D eigenvalue weighted by Gasteiger charge is 2.24. The largest absolute Gasteiger partial charge is 0.383 e. The van der Waals surface area contributed by atoms with Crippen molar-refractivity contribution in [3.63, 3.8) is 0 Å². The zero-order valence-corrected chi connectivity index (χ0v) is 11.8. The van der Waals surface area contributed by atoms with Gasteiger partial charge in [0.25, 0.3) is 15.7 Å². The number of hydrogen-bond donors (Lipinski definition) is 1. The molecular formula is C12H12N4O4S. The lowest BCUT2D eigenvalue weighted by Crippen LogP contribution is -2.27. The molecule has 0 spiro atoms. The number of benzene rings is 1. The molecule has 0 saturated heterocycles. The second-order valence-corrected chi connectivity index (χ2v) is 6.07. The second-order valence-electron chi connectivity index (χ2n) is 4.13. The summed E-state index contributed by atoms with van der Waals surface area (Å²) in [4.78, 5) is 13.7. The summed E-state index contributed by atoms with van der Waals surface area (Å²) in [5.41, 5.74) is 5.74. The molecule has 1 aromatic heterocycles. The molecule has 2 N–H and O–H groups in total. The van der Waals surface area contributed by atoms with Gasteiger partial charge in [0.2, 0.25) is 0 Å². The van der Waals surface area contributed by atoms with E-state index in [0.717, 1.165) is 4.31 Å². The molecule has 21 heavy (non-hydrogen) atoms. The van der Waals surface area contributed by atoms with Crippen molar-refractivity contribution in [3.05, 3.63) is 52.7 Å². The van der Waals surface area contributed by atoms with Gasteiger partial charge in [0.15, 0.2) is 0 Å². The van der Waals surface area contributed by atoms with Crippen molar-refractivity contribution in [1.82, 2.24) is 4.98 Å². The maximum absolute atomic E-state index is 12.4. The average molecular weight is 308 g/mol. The first-order valence-corrected chi connectivity index (χ1v) is 7.22. The van der Waals surface area contributed by atoms with Crippen LogP contribution < -0.4 is 10.0 Å². The molecule has 0 fully saturated rings. The number of nitro benzene ring substituents is 1. The van der Waals surface area contributed by atoms with Crippen LogP contribution in [0.25, 0.3) is 0 Å². The van der Waals surface area contributed by atoms with Crippen LogP contribution in [0.5, 0.6) is 0 Å². The molecule has 8 nitrogen and oxygen atoms in total. The van der Waals surface area contributed by atoms with Crippen LogP contribution in [0.4, 0.5) is 17.2 Å². The first-order chi connectivity index (χ1) is 9.84. The maximum Gasteiger partial charge on any atom is 0.269 e. The van der Waals surface area contributed by atoms with Gasteiger partial charge in [-0.1, -0.05) is 0 Å². The minimum atomic E-state index is -3.88. The molecule has 0 saturated carbocycles. The molecule has 0 unspecified atom stereocenters. The van der Waals surface area contributed by atoms with Crippen molar-refractivity contribution in [2.24, 2.45) is 0 Å². The van der Waals surface area contributed by atoms with Crippen molar-refractivity contribution >= 4 is 27.2 Å². The van der Waals surface area contributed by atoms with Gasteiger partial charge in [0.05, 0.1) is 10.6 Å². The van der Waals surface area contributed by atoms with Crippen molar-refractivity contribution in [2.75, 3.05) is 17.1 Å². The number of rotatable bonds is 4. The zero-order chi connectivity index (χ0) is 15.6. The van der Waals surface area contributed by atoms with E-state index in [4.69, 9.17) is 5.73 Å². The summed E-state index contributed by atoms with van der Waals surface area (Å²) in [6.45, 7) is 0. The quantitative estimate of drug-likeness (QED) is 0.673. The molecule has 9 heteroatoms. The van der Waals surface area contributed by atoms with Gasteiger partial charge in [-0.25, -0.2) is 13.4 Å². The molecular weight excluding hydrogens is 296 g/mol. The number of nitrogens with two attached hydrogens (primary N) is 1. The van der Waals surface area contributed by atoms with Crippen molar-refractivity contribution in [1.29, 1.82) is 0 Å². The van der Waals surface area contributed by atoms with Gasteiger partial charge >= 0.3 is 0 Å². The summed E-state index contributed by atoms with van der Waals surface area (Å²) in [5.74, 6) is -0.105. The Labute approximate surface area is 121 Å². The van der Waals surface area contributed by atoms with Crippen LogP contribution in [0.3, 0.4) is 0 Å². The van der Waals surface area contributed by atoms with Gasteiger partial charge in [-0.2, -0.15) is 0 Å². The van der Waals surface area contributed by atoms with Gasteiger partial charge in [-0.15, -0.1) is 0 Å². The number of pyridine rings is 1. The van der Waals surface area contributed by atoms with E-state index in [2.05, 4.69) is 4.98 Å². The van der Waals surface area contributed by atoms with E-state index in [1.807, 2.05) is 0 Å². The molecule has 0 atom stereocenters. The number of nitro groups is 1. The fraction of sp³-hybridized carbons (Fsp3) is 0.0833. The number of nitrogen functional groups attached to an aromatic ring is 1. The van der Waals surface area contributed by atoms with Crippen LogP contribution in [0.1, 0.15) is 0 Å². The van der Waals surface area contributed by atoms with Crippen LogP contribution in [0, 0.1) is 10.1 Å². The highest BCUT2D eigenvalue weighted by Crippen LogP contribution is 2.26. The summed E-state index contributed by atoms with van der Waals surface area (Å²) in [6, 6.07) is 7.97. The lowest BCUT2D eigenvalue weighted by atomic mass is 10.3. The number of anilines is 2. The number of non-ortho nitro benzene ring substituents is 1. The van der Waals surface area contributed by atoms with E-state index >= 15 is 0 Å². The zero-order valence-electron chi connectivity index (χ0n) is 11.0. The van der Waals surface area contributed by atoms with E-state index in [1.165, 1.54) is 49.6 Å². The molecule has 2 rings (SSSR count). The minimum Gasteiger partial charge on any atom is -0.383 e. The monoisotopic (exact) mass is 308 g/mol. The van der Waals surface area contributed by atoms with Gasteiger partial charge in [-0.3, -0.25) is 14.4 Å². The van der Waals surface area contributed by atoms with Crippen molar-refractivity contribution in [3.8, 4) is 0 Å². The van der Waals surface area contributed by atoms with E-state index in [1.54, 1.807) is 0 Å². The third kappa shape index (κ3) is 2.77. The second kappa shape index (κ2) is 5.37. The van der Waals surface area contributed by atoms with E-state index in [9.17, 15) is 18.5 Å². The first kappa shape index (κ1) is 14.7. The van der Waals surface area contributed by atoms with Gasteiger partial charge in [-0.05, 0) is 24.3 Å².